The van der Waals surface area contributed by atoms with Gasteiger partial charge in [0, 0.05) is 29.1 Å². The zero-order valence-electron chi connectivity index (χ0n) is 13.9. The Hall–Kier alpha value is -1.45. The fourth-order valence-corrected chi connectivity index (χ4v) is 4.71. The lowest BCUT2D eigenvalue weighted by atomic mass is 10.1. The highest BCUT2D eigenvalue weighted by Gasteiger charge is 2.23. The Labute approximate surface area is 153 Å². The maximum atomic E-state index is 12.6. The third kappa shape index (κ3) is 4.34. The van der Waals surface area contributed by atoms with Gasteiger partial charge in [0.25, 0.3) is 0 Å². The number of benzene rings is 2. The summed E-state index contributed by atoms with van der Waals surface area (Å²) in [6, 6.07) is 16.3. The first-order chi connectivity index (χ1) is 11.6. The van der Waals surface area contributed by atoms with Crippen molar-refractivity contribution >= 4 is 29.3 Å². The number of carbonyl (C=O) groups is 1. The van der Waals surface area contributed by atoms with Crippen LogP contribution in [0, 0.1) is 6.92 Å². The second-order valence-corrected chi connectivity index (χ2v) is 7.93. The van der Waals surface area contributed by atoms with Gasteiger partial charge in [-0.1, -0.05) is 59.6 Å². The highest BCUT2D eigenvalue weighted by Crippen LogP contribution is 2.37. The van der Waals surface area contributed by atoms with Crippen molar-refractivity contribution in [2.45, 2.75) is 25.0 Å². The molecular formula is C20H22ClNOS. The maximum absolute atomic E-state index is 12.6. The lowest BCUT2D eigenvalue weighted by Crippen LogP contribution is -2.34. The maximum Gasteiger partial charge on any atom is 0.227 e. The summed E-state index contributed by atoms with van der Waals surface area (Å²) in [4.78, 5) is 14.6. The van der Waals surface area contributed by atoms with Gasteiger partial charge in [0.05, 0.1) is 6.42 Å². The Balaban J connectivity index is 1.63. The minimum Gasteiger partial charge on any atom is -0.342 e. The van der Waals surface area contributed by atoms with Crippen LogP contribution in [0.2, 0.25) is 5.02 Å². The summed E-state index contributed by atoms with van der Waals surface area (Å²) < 4.78 is 0. The lowest BCUT2D eigenvalue weighted by Gasteiger charge is -2.20. The molecule has 1 aliphatic heterocycles. The first-order valence-corrected chi connectivity index (χ1v) is 9.75. The van der Waals surface area contributed by atoms with Gasteiger partial charge in [0.1, 0.15) is 0 Å². The molecule has 0 radical (unpaired) electrons. The van der Waals surface area contributed by atoms with Crippen LogP contribution in [0.4, 0.5) is 0 Å². The topological polar surface area (TPSA) is 20.3 Å². The Morgan fingerprint density at radius 1 is 1.21 bits per heavy atom. The van der Waals surface area contributed by atoms with Gasteiger partial charge in [-0.15, -0.1) is 0 Å². The standard InChI is InChI=1S/C20H22ClNOS/c1-15-5-4-6-16(13-15)14-20(23)22-10-9-19(24-12-11-22)17-7-2-3-8-18(17)21/h2-8,13,19H,9-12,14H2,1H3. The number of carbonyl (C=O) groups excluding carboxylic acids is 1. The average Bonchev–Trinajstić information content (AvgIpc) is 2.81. The molecule has 0 aromatic heterocycles. The molecule has 4 heteroatoms. The number of thioether (sulfide) groups is 1. The molecule has 2 aromatic carbocycles. The number of amides is 1. The monoisotopic (exact) mass is 359 g/mol. The molecule has 0 saturated carbocycles. The van der Waals surface area contributed by atoms with Gasteiger partial charge < -0.3 is 4.90 Å². The Morgan fingerprint density at radius 2 is 2.04 bits per heavy atom. The van der Waals surface area contributed by atoms with Crippen LogP contribution in [0.3, 0.4) is 0 Å². The second-order valence-electron chi connectivity index (χ2n) is 6.22. The molecular weight excluding hydrogens is 338 g/mol. The van der Waals surface area contributed by atoms with E-state index in [2.05, 4.69) is 25.1 Å². The van der Waals surface area contributed by atoms with Crippen LogP contribution in [0.1, 0.15) is 28.4 Å². The Morgan fingerprint density at radius 3 is 2.83 bits per heavy atom. The van der Waals surface area contributed by atoms with Crippen molar-refractivity contribution in [2.24, 2.45) is 0 Å². The van der Waals surface area contributed by atoms with Gasteiger partial charge in [0.15, 0.2) is 0 Å². The van der Waals surface area contributed by atoms with E-state index in [-0.39, 0.29) is 5.91 Å². The Bertz CT molecular complexity index is 718. The minimum atomic E-state index is 0.223. The molecule has 1 atom stereocenters. The van der Waals surface area contributed by atoms with Gasteiger partial charge in [-0.2, -0.15) is 11.8 Å². The van der Waals surface area contributed by atoms with Gasteiger partial charge in [0.2, 0.25) is 5.91 Å². The summed E-state index contributed by atoms with van der Waals surface area (Å²) in [5, 5.41) is 1.20. The van der Waals surface area contributed by atoms with E-state index in [0.717, 1.165) is 35.8 Å². The summed E-state index contributed by atoms with van der Waals surface area (Å²) in [6.45, 7) is 3.68. The summed E-state index contributed by atoms with van der Waals surface area (Å²) >= 11 is 8.24. The van der Waals surface area contributed by atoms with Crippen molar-refractivity contribution < 1.29 is 4.79 Å². The van der Waals surface area contributed by atoms with E-state index in [1.807, 2.05) is 47.0 Å². The van der Waals surface area contributed by atoms with Crippen LogP contribution in [0.15, 0.2) is 48.5 Å². The molecule has 1 unspecified atom stereocenters. The van der Waals surface area contributed by atoms with Crippen molar-refractivity contribution in [3.05, 3.63) is 70.2 Å². The van der Waals surface area contributed by atoms with Gasteiger partial charge in [-0.05, 0) is 30.5 Å². The second kappa shape index (κ2) is 8.09. The van der Waals surface area contributed by atoms with E-state index in [4.69, 9.17) is 11.6 Å². The molecule has 0 N–H and O–H groups in total. The molecule has 1 fully saturated rings. The summed E-state index contributed by atoms with van der Waals surface area (Å²) in [5.74, 6) is 1.18. The molecule has 126 valence electrons. The van der Waals surface area contributed by atoms with Crippen LogP contribution in [0.5, 0.6) is 0 Å². The zero-order chi connectivity index (χ0) is 16.9. The summed E-state index contributed by atoms with van der Waals surface area (Å²) in [5.41, 5.74) is 3.49. The SMILES string of the molecule is Cc1cccc(CC(=O)N2CCSC(c3ccccc3Cl)CC2)c1. The number of aryl methyl sites for hydroxylation is 1. The van der Waals surface area contributed by atoms with E-state index in [9.17, 15) is 4.79 Å². The fraction of sp³-hybridized carbons (Fsp3) is 0.350. The molecule has 3 rings (SSSR count). The Kier molecular flexibility index (Phi) is 5.85. The van der Waals surface area contributed by atoms with E-state index in [0.29, 0.717) is 11.7 Å². The van der Waals surface area contributed by atoms with E-state index in [1.165, 1.54) is 11.1 Å². The highest BCUT2D eigenvalue weighted by molar-refractivity contribution is 7.99. The van der Waals surface area contributed by atoms with Crippen molar-refractivity contribution in [1.29, 1.82) is 0 Å². The molecule has 0 spiro atoms. The molecule has 1 heterocycles. The lowest BCUT2D eigenvalue weighted by molar-refractivity contribution is -0.130. The van der Waals surface area contributed by atoms with E-state index < -0.39 is 0 Å². The fourth-order valence-electron chi connectivity index (χ4n) is 3.11. The highest BCUT2D eigenvalue weighted by atomic mass is 35.5. The normalized spacial score (nSPS) is 18.2. The average molecular weight is 360 g/mol. The number of rotatable bonds is 3. The molecule has 0 aliphatic carbocycles. The third-order valence-corrected chi connectivity index (χ3v) is 6.04. The third-order valence-electron chi connectivity index (χ3n) is 4.38. The molecule has 1 saturated heterocycles. The number of nitrogens with zero attached hydrogens (tertiary/aromatic N) is 1. The van der Waals surface area contributed by atoms with Crippen molar-refractivity contribution in [1.82, 2.24) is 4.90 Å². The van der Waals surface area contributed by atoms with Gasteiger partial charge in [-0.3, -0.25) is 4.79 Å². The molecule has 0 bridgehead atoms. The van der Waals surface area contributed by atoms with E-state index in [1.54, 1.807) is 0 Å². The van der Waals surface area contributed by atoms with Crippen LogP contribution in [0.25, 0.3) is 0 Å². The van der Waals surface area contributed by atoms with Gasteiger partial charge in [-0.25, -0.2) is 0 Å². The van der Waals surface area contributed by atoms with Crippen LogP contribution in [-0.4, -0.2) is 29.6 Å². The predicted octanol–water partition coefficient (Wildman–Crippen LogP) is 4.90. The number of hydrogen-bond donors (Lipinski definition) is 0. The number of halogens is 1. The largest absolute Gasteiger partial charge is 0.342 e. The first-order valence-electron chi connectivity index (χ1n) is 8.33. The first kappa shape index (κ1) is 17.4. The molecule has 24 heavy (non-hydrogen) atoms. The van der Waals surface area contributed by atoms with Gasteiger partial charge >= 0.3 is 0 Å². The quantitative estimate of drug-likeness (QED) is 0.777. The minimum absolute atomic E-state index is 0.223. The molecule has 2 aromatic rings. The zero-order valence-corrected chi connectivity index (χ0v) is 15.4. The number of hydrogen-bond acceptors (Lipinski definition) is 2. The molecule has 1 aliphatic rings. The van der Waals surface area contributed by atoms with Crippen molar-refractivity contribution in [3.63, 3.8) is 0 Å². The predicted molar refractivity (Wildman–Crippen MR) is 103 cm³/mol. The summed E-state index contributed by atoms with van der Waals surface area (Å²) in [6.07, 6.45) is 1.44. The van der Waals surface area contributed by atoms with Crippen molar-refractivity contribution in [3.8, 4) is 0 Å². The molecule has 2 nitrogen and oxygen atoms in total. The van der Waals surface area contributed by atoms with Crippen LogP contribution >= 0.6 is 23.4 Å². The van der Waals surface area contributed by atoms with Crippen molar-refractivity contribution in [2.75, 3.05) is 18.8 Å². The van der Waals surface area contributed by atoms with Crippen LogP contribution < -0.4 is 0 Å². The van der Waals surface area contributed by atoms with E-state index >= 15 is 0 Å². The smallest absolute Gasteiger partial charge is 0.227 e. The molecule has 1 amide bonds. The summed E-state index contributed by atoms with van der Waals surface area (Å²) in [7, 11) is 0. The van der Waals surface area contributed by atoms with Crippen LogP contribution in [-0.2, 0) is 11.2 Å².